The van der Waals surface area contributed by atoms with Crippen molar-refractivity contribution < 1.29 is 19.8 Å². The summed E-state index contributed by atoms with van der Waals surface area (Å²) in [5, 5.41) is 26.8. The van der Waals surface area contributed by atoms with Crippen LogP contribution >= 0.6 is 12.4 Å². The second-order valence-electron chi connectivity index (χ2n) is 10.6. The highest BCUT2D eigenvalue weighted by atomic mass is 35.5. The van der Waals surface area contributed by atoms with E-state index in [-0.39, 0.29) is 24.4 Å². The molecule has 2 aliphatic heterocycles. The van der Waals surface area contributed by atoms with Gasteiger partial charge in [0.2, 0.25) is 0 Å². The van der Waals surface area contributed by atoms with Crippen molar-refractivity contribution in [1.82, 2.24) is 20.0 Å². The number of fused-ring (bicyclic) bond motifs is 1. The highest BCUT2D eigenvalue weighted by molar-refractivity contribution is 5.90. The van der Waals surface area contributed by atoms with E-state index < -0.39 is 17.4 Å². The van der Waals surface area contributed by atoms with Crippen LogP contribution in [0.15, 0.2) is 78.5 Å². The molecule has 10 heteroatoms. The molecule has 2 fully saturated rings. The highest BCUT2D eigenvalue weighted by Gasteiger charge is 2.34. The molecule has 2 atom stereocenters. The standard InChI is InChI=1S/C21H25N5.C9H10O4.ClH/c1-2-4-18(5-3-1)26-21-14-19(7-6-17(21)15-23-26)24-10-12-25(13-11-24)20-8-9-22-16-20;1-9(8(12)13)4-2-3-6(5-9)7(10)11;/h1-7,14-15,20,22H,8-13,16H2;2-4H,5H2,1H3,(H,10,11)(H,12,13);1H. The van der Waals surface area contributed by atoms with Crippen molar-refractivity contribution in [2.75, 3.05) is 44.2 Å². The number of para-hydroxylation sites is 1. The summed E-state index contributed by atoms with van der Waals surface area (Å²) in [5.41, 5.74) is 2.64. The zero-order chi connectivity index (χ0) is 27.4. The van der Waals surface area contributed by atoms with Gasteiger partial charge in [-0.1, -0.05) is 36.4 Å². The second-order valence-corrected chi connectivity index (χ2v) is 10.6. The first-order chi connectivity index (χ1) is 18.8. The number of hydrogen-bond donors (Lipinski definition) is 3. The smallest absolute Gasteiger partial charge is 0.331 e. The van der Waals surface area contributed by atoms with Crippen LogP contribution in [0.25, 0.3) is 16.6 Å². The number of carboxylic acid groups (broad SMARTS) is 2. The Morgan fingerprint density at radius 1 is 1.02 bits per heavy atom. The third kappa shape index (κ3) is 6.38. The molecule has 6 rings (SSSR count). The molecule has 3 heterocycles. The van der Waals surface area contributed by atoms with Crippen molar-refractivity contribution in [3.8, 4) is 5.69 Å². The first kappa shape index (κ1) is 29.3. The van der Waals surface area contributed by atoms with Crippen LogP contribution in [0.4, 0.5) is 5.69 Å². The summed E-state index contributed by atoms with van der Waals surface area (Å²) >= 11 is 0. The van der Waals surface area contributed by atoms with Crippen molar-refractivity contribution in [2.24, 2.45) is 5.41 Å². The van der Waals surface area contributed by atoms with Gasteiger partial charge in [0.25, 0.3) is 0 Å². The number of nitrogens with zero attached hydrogens (tertiary/aromatic N) is 4. The lowest BCUT2D eigenvalue weighted by Crippen LogP contribution is -2.51. The van der Waals surface area contributed by atoms with Gasteiger partial charge in [-0.3, -0.25) is 9.69 Å². The number of hydrogen-bond acceptors (Lipinski definition) is 6. The van der Waals surface area contributed by atoms with Crippen LogP contribution in [0.1, 0.15) is 19.8 Å². The zero-order valence-corrected chi connectivity index (χ0v) is 23.4. The Morgan fingerprint density at radius 3 is 2.42 bits per heavy atom. The monoisotopic (exact) mass is 565 g/mol. The van der Waals surface area contributed by atoms with Gasteiger partial charge in [-0.05, 0) is 56.6 Å². The molecule has 2 unspecified atom stereocenters. The molecule has 2 saturated heterocycles. The Kier molecular flexibility index (Phi) is 9.29. The molecular weight excluding hydrogens is 530 g/mol. The topological polar surface area (TPSA) is 111 Å². The Hall–Kier alpha value is -3.66. The van der Waals surface area contributed by atoms with Gasteiger partial charge >= 0.3 is 11.9 Å². The van der Waals surface area contributed by atoms with Gasteiger partial charge in [-0.15, -0.1) is 12.4 Å². The average molecular weight is 566 g/mol. The van der Waals surface area contributed by atoms with Crippen LogP contribution in [0.5, 0.6) is 0 Å². The van der Waals surface area contributed by atoms with Gasteiger partial charge < -0.3 is 20.4 Å². The first-order valence-corrected chi connectivity index (χ1v) is 13.4. The third-order valence-electron chi connectivity index (χ3n) is 7.87. The van der Waals surface area contributed by atoms with Crippen molar-refractivity contribution in [3.63, 3.8) is 0 Å². The van der Waals surface area contributed by atoms with E-state index in [0.29, 0.717) is 0 Å². The quantitative estimate of drug-likeness (QED) is 0.426. The number of piperazine rings is 1. The predicted octanol–water partition coefficient (Wildman–Crippen LogP) is 3.98. The van der Waals surface area contributed by atoms with Gasteiger partial charge in [-0.25, -0.2) is 9.48 Å². The molecule has 212 valence electrons. The minimum Gasteiger partial charge on any atom is -0.481 e. The lowest BCUT2D eigenvalue weighted by molar-refractivity contribution is -0.145. The number of allylic oxidation sites excluding steroid dienone is 2. The number of benzene rings is 2. The number of aromatic nitrogens is 2. The van der Waals surface area contributed by atoms with E-state index in [9.17, 15) is 9.59 Å². The third-order valence-corrected chi connectivity index (χ3v) is 7.87. The normalized spacial score (nSPS) is 22.7. The molecule has 0 amide bonds. The van der Waals surface area contributed by atoms with Crippen molar-refractivity contribution >= 4 is 40.9 Å². The minimum atomic E-state index is -1.08. The molecule has 0 radical (unpaired) electrons. The maximum Gasteiger partial charge on any atom is 0.331 e. The fourth-order valence-corrected chi connectivity index (χ4v) is 5.46. The van der Waals surface area contributed by atoms with E-state index in [0.717, 1.165) is 44.5 Å². The van der Waals surface area contributed by atoms with E-state index in [1.807, 2.05) is 16.9 Å². The van der Waals surface area contributed by atoms with E-state index in [1.54, 1.807) is 0 Å². The molecule has 9 nitrogen and oxygen atoms in total. The number of rotatable bonds is 5. The predicted molar refractivity (Wildman–Crippen MR) is 159 cm³/mol. The molecule has 3 aliphatic rings. The fourth-order valence-electron chi connectivity index (χ4n) is 5.46. The summed E-state index contributed by atoms with van der Waals surface area (Å²) in [7, 11) is 0. The largest absolute Gasteiger partial charge is 0.481 e. The van der Waals surface area contributed by atoms with Crippen LogP contribution in [-0.2, 0) is 9.59 Å². The summed E-state index contributed by atoms with van der Waals surface area (Å²) in [4.78, 5) is 26.5. The number of carboxylic acids is 2. The molecule has 0 saturated carbocycles. The lowest BCUT2D eigenvalue weighted by atomic mass is 9.80. The molecule has 1 aliphatic carbocycles. The van der Waals surface area contributed by atoms with Crippen LogP contribution in [0.2, 0.25) is 0 Å². The summed E-state index contributed by atoms with van der Waals surface area (Å²) in [5.74, 6) is -2.06. The highest BCUT2D eigenvalue weighted by Crippen LogP contribution is 2.31. The van der Waals surface area contributed by atoms with Crippen LogP contribution in [0.3, 0.4) is 0 Å². The fraction of sp³-hybridized carbons (Fsp3) is 0.367. The van der Waals surface area contributed by atoms with Crippen molar-refractivity contribution in [1.29, 1.82) is 0 Å². The molecule has 0 bridgehead atoms. The number of halogens is 1. The van der Waals surface area contributed by atoms with Gasteiger partial charge in [0.15, 0.2) is 0 Å². The molecule has 0 spiro atoms. The summed E-state index contributed by atoms with van der Waals surface area (Å²) < 4.78 is 2.04. The van der Waals surface area contributed by atoms with E-state index >= 15 is 0 Å². The molecule has 40 heavy (non-hydrogen) atoms. The number of aliphatic carboxylic acids is 2. The van der Waals surface area contributed by atoms with E-state index in [2.05, 4.69) is 62.7 Å². The van der Waals surface area contributed by atoms with Crippen LogP contribution in [0, 0.1) is 5.41 Å². The Bertz CT molecular complexity index is 1390. The van der Waals surface area contributed by atoms with Gasteiger partial charge in [-0.2, -0.15) is 5.10 Å². The van der Waals surface area contributed by atoms with Crippen molar-refractivity contribution in [3.05, 3.63) is 78.5 Å². The maximum absolute atomic E-state index is 10.8. The molecule has 3 N–H and O–H groups in total. The Morgan fingerprint density at radius 2 is 1.77 bits per heavy atom. The van der Waals surface area contributed by atoms with Crippen LogP contribution < -0.4 is 10.2 Å². The van der Waals surface area contributed by atoms with E-state index in [1.165, 1.54) is 54.7 Å². The minimum absolute atomic E-state index is 0. The Labute approximate surface area is 240 Å². The maximum atomic E-state index is 10.8. The lowest BCUT2D eigenvalue weighted by Gasteiger charge is -2.39. The summed E-state index contributed by atoms with van der Waals surface area (Å²) in [6.07, 6.45) is 7.68. The van der Waals surface area contributed by atoms with Gasteiger partial charge in [0.1, 0.15) is 0 Å². The first-order valence-electron chi connectivity index (χ1n) is 13.4. The van der Waals surface area contributed by atoms with Gasteiger partial charge in [0.05, 0.1) is 22.8 Å². The van der Waals surface area contributed by atoms with Crippen LogP contribution in [-0.4, -0.2) is 82.1 Å². The average Bonchev–Trinajstić information content (AvgIpc) is 3.64. The SMILES string of the molecule is CC1(C(=O)O)C=CC=C(C(=O)O)C1.Cl.c1ccc(-n2ncc3ccc(N4CCN(C5CCNC5)CC4)cc32)cc1. The molecule has 3 aromatic rings. The zero-order valence-electron chi connectivity index (χ0n) is 22.6. The second kappa shape index (κ2) is 12.7. The molecule has 2 aromatic carbocycles. The number of nitrogens with one attached hydrogen (secondary N) is 1. The molecule has 1 aromatic heterocycles. The van der Waals surface area contributed by atoms with Gasteiger partial charge in [0, 0.05) is 55.4 Å². The number of carbonyl (C=O) groups is 2. The van der Waals surface area contributed by atoms with E-state index in [4.69, 9.17) is 10.2 Å². The molecular formula is C30H36ClN5O4. The Balaban J connectivity index is 0.000000226. The summed E-state index contributed by atoms with van der Waals surface area (Å²) in [6, 6.07) is 17.8. The number of anilines is 1. The summed E-state index contributed by atoms with van der Waals surface area (Å²) in [6.45, 7) is 8.34. The van der Waals surface area contributed by atoms with Crippen molar-refractivity contribution in [2.45, 2.75) is 25.8 Å².